The van der Waals surface area contributed by atoms with Crippen LogP contribution < -0.4 is 14.2 Å². The number of ether oxygens (including phenoxy) is 1. The van der Waals surface area contributed by atoms with Crippen LogP contribution in [0.3, 0.4) is 0 Å². The molecule has 1 aromatic heterocycles. The molecule has 0 unspecified atom stereocenters. The predicted octanol–water partition coefficient (Wildman–Crippen LogP) is 9.41. The molecule has 0 N–H and O–H groups in total. The average Bonchev–Trinajstić information content (AvgIpc) is 3.49. The minimum atomic E-state index is 0.169. The summed E-state index contributed by atoms with van der Waals surface area (Å²) < 4.78 is 10.4. The predicted molar refractivity (Wildman–Crippen MR) is 170 cm³/mol. The molecule has 1 aliphatic carbocycles. The van der Waals surface area contributed by atoms with Gasteiger partial charge in [-0.15, -0.1) is 0 Å². The summed E-state index contributed by atoms with van der Waals surface area (Å²) in [6, 6.07) is 26.2. The number of anilines is 1. The van der Waals surface area contributed by atoms with Gasteiger partial charge in [0.1, 0.15) is 11.2 Å². The summed E-state index contributed by atoms with van der Waals surface area (Å²) in [6.45, 7) is 11.0. The van der Waals surface area contributed by atoms with Crippen LogP contribution in [0.5, 0.6) is 5.75 Å². The van der Waals surface area contributed by atoms with Gasteiger partial charge < -0.3 is 9.64 Å². The van der Waals surface area contributed by atoms with E-state index in [0.29, 0.717) is 0 Å². The van der Waals surface area contributed by atoms with Crippen molar-refractivity contribution >= 4 is 54.9 Å². The molecule has 0 amide bonds. The van der Waals surface area contributed by atoms with E-state index in [1.807, 2.05) is 11.3 Å². The van der Waals surface area contributed by atoms with E-state index in [4.69, 9.17) is 4.74 Å². The number of rotatable bonds is 4. The number of allylic oxidation sites excluding steroid dienone is 4. The van der Waals surface area contributed by atoms with E-state index >= 15 is 0 Å². The molecular formula is C36H35N2OS+. The Kier molecular flexibility index (Phi) is 6.05. The summed E-state index contributed by atoms with van der Waals surface area (Å²) in [6.07, 6.45) is 9.19. The third-order valence-electron chi connectivity index (χ3n) is 8.23. The van der Waals surface area contributed by atoms with Crippen molar-refractivity contribution in [3.8, 4) is 5.75 Å². The van der Waals surface area contributed by atoms with Crippen LogP contribution in [0.25, 0.3) is 37.8 Å². The van der Waals surface area contributed by atoms with Gasteiger partial charge in [-0.2, -0.15) is 4.57 Å². The van der Waals surface area contributed by atoms with Crippen molar-refractivity contribution < 1.29 is 9.30 Å². The molecule has 1 aliphatic heterocycles. The van der Waals surface area contributed by atoms with E-state index in [1.54, 1.807) is 0 Å². The Hall–Kier alpha value is -3.89. The van der Waals surface area contributed by atoms with Gasteiger partial charge >= 0.3 is 0 Å². The molecule has 2 heterocycles. The van der Waals surface area contributed by atoms with Gasteiger partial charge in [-0.25, -0.2) is 0 Å². The number of benzene rings is 4. The fraction of sp³-hybridized carbons (Fsp3) is 0.250. The Balaban J connectivity index is 1.31. The van der Waals surface area contributed by atoms with E-state index in [9.17, 15) is 0 Å². The lowest BCUT2D eigenvalue weighted by Crippen LogP contribution is -2.33. The van der Waals surface area contributed by atoms with Crippen LogP contribution in [0.4, 0.5) is 5.69 Å². The first-order valence-electron chi connectivity index (χ1n) is 14.4. The summed E-state index contributed by atoms with van der Waals surface area (Å²) in [5.41, 5.74) is 5.35. The highest BCUT2D eigenvalue weighted by molar-refractivity contribution is 7.19. The van der Waals surface area contributed by atoms with Gasteiger partial charge in [0.25, 0.3) is 5.01 Å². The third kappa shape index (κ3) is 4.22. The minimum Gasteiger partial charge on any atom is -0.438 e. The topological polar surface area (TPSA) is 16.4 Å². The summed E-state index contributed by atoms with van der Waals surface area (Å²) in [4.78, 5) is 2.30. The number of aryl methyl sites for hydroxylation is 1. The standard InChI is InChI=1S/C36H35N2OS/c1-5-37-30-17-15-26-11-7-9-13-28(26)34(30)39-32(37)20-24-19-25(23-36(3,4)22-24)21-33-38(6-2)31-18-16-27-12-8-10-14-29(27)35(31)40-33/h7-21H,5-6,22-23H2,1-4H3/q+1. The van der Waals surface area contributed by atoms with Crippen molar-refractivity contribution in [1.82, 2.24) is 0 Å². The van der Waals surface area contributed by atoms with E-state index in [2.05, 4.69) is 128 Å². The molecule has 4 aromatic carbocycles. The SMILES string of the molecule is CCN1/C(=C/C2=CC(=C/c3sc4c5ccccc5ccc4[n+]3CC)/CC(C)(C)C2)Oc2c1ccc1ccccc21. The van der Waals surface area contributed by atoms with Crippen LogP contribution in [-0.4, -0.2) is 6.54 Å². The number of hydrogen-bond acceptors (Lipinski definition) is 3. The highest BCUT2D eigenvalue weighted by atomic mass is 32.1. The van der Waals surface area contributed by atoms with Crippen LogP contribution in [0.2, 0.25) is 0 Å². The molecular weight excluding hydrogens is 508 g/mol. The average molecular weight is 544 g/mol. The van der Waals surface area contributed by atoms with Gasteiger partial charge in [0.15, 0.2) is 5.75 Å². The molecule has 200 valence electrons. The maximum Gasteiger partial charge on any atom is 0.263 e. The molecule has 0 atom stereocenters. The van der Waals surface area contributed by atoms with Gasteiger partial charge in [-0.3, -0.25) is 0 Å². The largest absolute Gasteiger partial charge is 0.438 e. The zero-order valence-electron chi connectivity index (χ0n) is 23.7. The third-order valence-corrected chi connectivity index (χ3v) is 9.41. The molecule has 0 spiro atoms. The Morgan fingerprint density at radius 2 is 1.60 bits per heavy atom. The molecule has 3 nitrogen and oxygen atoms in total. The molecule has 0 fully saturated rings. The lowest BCUT2D eigenvalue weighted by Gasteiger charge is -2.30. The Morgan fingerprint density at radius 1 is 0.875 bits per heavy atom. The molecule has 2 aliphatic rings. The summed E-state index contributed by atoms with van der Waals surface area (Å²) in [5.74, 6) is 1.90. The van der Waals surface area contributed by atoms with Crippen molar-refractivity contribution in [2.75, 3.05) is 11.4 Å². The van der Waals surface area contributed by atoms with Crippen LogP contribution >= 0.6 is 11.3 Å². The molecule has 40 heavy (non-hydrogen) atoms. The summed E-state index contributed by atoms with van der Waals surface area (Å²) in [5, 5.41) is 6.34. The molecule has 5 aromatic rings. The van der Waals surface area contributed by atoms with Gasteiger partial charge in [0, 0.05) is 35.5 Å². The first-order chi connectivity index (χ1) is 19.4. The molecule has 0 bridgehead atoms. The van der Waals surface area contributed by atoms with E-state index in [1.165, 1.54) is 47.9 Å². The lowest BCUT2D eigenvalue weighted by molar-refractivity contribution is -0.665. The highest BCUT2D eigenvalue weighted by Gasteiger charge is 2.30. The first kappa shape index (κ1) is 25.1. The van der Waals surface area contributed by atoms with Gasteiger partial charge in [-0.05, 0) is 66.2 Å². The fourth-order valence-corrected chi connectivity index (χ4v) is 7.87. The van der Waals surface area contributed by atoms with Crippen LogP contribution in [0.1, 0.15) is 45.5 Å². The lowest BCUT2D eigenvalue weighted by atomic mass is 9.75. The molecule has 4 heteroatoms. The minimum absolute atomic E-state index is 0.169. The van der Waals surface area contributed by atoms with Crippen molar-refractivity contribution in [2.24, 2.45) is 5.41 Å². The van der Waals surface area contributed by atoms with Gasteiger partial charge in [0.05, 0.1) is 5.69 Å². The van der Waals surface area contributed by atoms with Crippen molar-refractivity contribution in [3.63, 3.8) is 0 Å². The second-order valence-corrected chi connectivity index (χ2v) is 12.8. The maximum absolute atomic E-state index is 6.59. The smallest absolute Gasteiger partial charge is 0.263 e. The van der Waals surface area contributed by atoms with Crippen LogP contribution in [0, 0.1) is 5.41 Å². The second kappa shape index (κ2) is 9.64. The van der Waals surface area contributed by atoms with E-state index in [0.717, 1.165) is 43.3 Å². The number of nitrogens with zero attached hydrogens (tertiary/aromatic N) is 2. The molecule has 7 rings (SSSR count). The van der Waals surface area contributed by atoms with Crippen LogP contribution in [0.15, 0.2) is 102 Å². The van der Waals surface area contributed by atoms with Gasteiger partial charge in [-0.1, -0.05) is 85.9 Å². The summed E-state index contributed by atoms with van der Waals surface area (Å²) >= 11 is 1.91. The van der Waals surface area contributed by atoms with Crippen LogP contribution in [-0.2, 0) is 6.54 Å². The van der Waals surface area contributed by atoms with E-state index in [-0.39, 0.29) is 5.41 Å². The quantitative estimate of drug-likeness (QED) is 0.210. The first-order valence-corrected chi connectivity index (χ1v) is 15.2. The molecule has 0 saturated heterocycles. The molecule has 0 radical (unpaired) electrons. The molecule has 0 saturated carbocycles. The number of aromatic nitrogens is 1. The van der Waals surface area contributed by atoms with Gasteiger partial charge in [0.2, 0.25) is 11.4 Å². The number of hydrogen-bond donors (Lipinski definition) is 0. The highest BCUT2D eigenvalue weighted by Crippen LogP contribution is 2.46. The number of thiazole rings is 1. The second-order valence-electron chi connectivity index (χ2n) is 11.7. The maximum atomic E-state index is 6.59. The Bertz CT molecular complexity index is 1890. The van der Waals surface area contributed by atoms with E-state index < -0.39 is 0 Å². The normalized spacial score (nSPS) is 18.6. The fourth-order valence-electron chi connectivity index (χ4n) is 6.54. The van der Waals surface area contributed by atoms with Crippen molar-refractivity contribution in [3.05, 3.63) is 107 Å². The van der Waals surface area contributed by atoms with Crippen molar-refractivity contribution in [1.29, 1.82) is 0 Å². The van der Waals surface area contributed by atoms with Crippen molar-refractivity contribution in [2.45, 2.75) is 47.1 Å². The monoisotopic (exact) mass is 543 g/mol. The Labute approximate surface area is 240 Å². The number of fused-ring (bicyclic) bond motifs is 6. The summed E-state index contributed by atoms with van der Waals surface area (Å²) in [7, 11) is 0. The Morgan fingerprint density at radius 3 is 2.38 bits per heavy atom. The zero-order valence-corrected chi connectivity index (χ0v) is 24.5. The zero-order chi connectivity index (χ0) is 27.4.